The number of aromatic nitrogens is 1. The van der Waals surface area contributed by atoms with Crippen molar-refractivity contribution in [1.82, 2.24) is 4.57 Å². The Morgan fingerprint density at radius 2 is 1.84 bits per heavy atom. The highest BCUT2D eigenvalue weighted by Gasteiger charge is 2.38. The Bertz CT molecular complexity index is 1110. The lowest BCUT2D eigenvalue weighted by Gasteiger charge is -2.25. The van der Waals surface area contributed by atoms with E-state index in [1.54, 1.807) is 29.7 Å². The molecule has 1 aromatic heterocycles. The molecule has 1 aliphatic heterocycles. The van der Waals surface area contributed by atoms with Crippen molar-refractivity contribution in [2.24, 2.45) is 10.2 Å². The molecule has 0 fully saturated rings. The fourth-order valence-corrected chi connectivity index (χ4v) is 5.86. The van der Waals surface area contributed by atoms with Gasteiger partial charge in [0.1, 0.15) is 5.56 Å². The second-order valence-electron chi connectivity index (χ2n) is 10.3. The molecule has 1 aliphatic rings. The molecule has 9 heteroatoms. The first-order chi connectivity index (χ1) is 14.7. The number of aromatic hydroxyl groups is 2. The number of hydrogen-bond donors (Lipinski definition) is 3. The fraction of sp³-hybridized carbons (Fsp3) is 0.522. The van der Waals surface area contributed by atoms with Gasteiger partial charge in [-0.15, -0.1) is 0 Å². The molecule has 1 atom stereocenters. The number of fused-ring (bicyclic) bond motifs is 1. The maximum Gasteiger partial charge on any atom is 0.348 e. The van der Waals surface area contributed by atoms with Gasteiger partial charge in [0.05, 0.1) is 23.3 Å². The van der Waals surface area contributed by atoms with E-state index < -0.39 is 12.9 Å². The van der Waals surface area contributed by atoms with Gasteiger partial charge >= 0.3 is 7.52 Å². The molecule has 2 heterocycles. The number of benzene rings is 1. The van der Waals surface area contributed by atoms with Gasteiger partial charge in [-0.05, 0) is 37.0 Å². The van der Waals surface area contributed by atoms with Crippen LogP contribution in [0.2, 0.25) is 5.02 Å². The summed E-state index contributed by atoms with van der Waals surface area (Å²) in [6.07, 6.45) is 0.788. The SMILES string of the molecule is CCOP1(=O)N=C(c2c(O)c(C(C)(C)C)n(CCC(C)(C)C)c2O)Nc2ccc(Cl)cc21. The quantitative estimate of drug-likeness (QED) is 0.454. The van der Waals surface area contributed by atoms with Crippen LogP contribution < -0.4 is 10.6 Å². The lowest BCUT2D eigenvalue weighted by molar-refractivity contribution is 0.319. The van der Waals surface area contributed by atoms with Gasteiger partial charge in [0, 0.05) is 17.0 Å². The highest BCUT2D eigenvalue weighted by molar-refractivity contribution is 7.66. The van der Waals surface area contributed by atoms with E-state index in [1.165, 1.54) is 0 Å². The third-order valence-electron chi connectivity index (χ3n) is 5.30. The van der Waals surface area contributed by atoms with Crippen molar-refractivity contribution in [1.29, 1.82) is 0 Å². The van der Waals surface area contributed by atoms with Crippen LogP contribution in [-0.4, -0.2) is 27.2 Å². The summed E-state index contributed by atoms with van der Waals surface area (Å²) in [5.41, 5.74) is 0.790. The van der Waals surface area contributed by atoms with Crippen LogP contribution in [0.3, 0.4) is 0 Å². The summed E-state index contributed by atoms with van der Waals surface area (Å²) in [4.78, 5) is 0. The van der Waals surface area contributed by atoms with Gasteiger partial charge in [-0.3, -0.25) is 4.57 Å². The Balaban J connectivity index is 2.21. The Kier molecular flexibility index (Phi) is 6.51. The fourth-order valence-electron chi connectivity index (χ4n) is 3.80. The highest BCUT2D eigenvalue weighted by Crippen LogP contribution is 2.53. The molecule has 7 nitrogen and oxygen atoms in total. The second-order valence-corrected chi connectivity index (χ2v) is 12.7. The smallest absolute Gasteiger partial charge is 0.348 e. The minimum Gasteiger partial charge on any atom is -0.505 e. The van der Waals surface area contributed by atoms with Crippen molar-refractivity contribution in [3.8, 4) is 11.6 Å². The summed E-state index contributed by atoms with van der Waals surface area (Å²) in [7, 11) is -3.67. The summed E-state index contributed by atoms with van der Waals surface area (Å²) in [6, 6.07) is 4.92. The molecule has 2 aromatic rings. The zero-order chi connectivity index (χ0) is 24.1. The van der Waals surface area contributed by atoms with Gasteiger partial charge in [-0.2, -0.15) is 4.76 Å². The van der Waals surface area contributed by atoms with Crippen molar-refractivity contribution in [3.05, 3.63) is 34.5 Å². The third kappa shape index (κ3) is 4.70. The molecule has 1 aromatic carbocycles. The van der Waals surface area contributed by atoms with Crippen LogP contribution in [0, 0.1) is 5.41 Å². The minimum absolute atomic E-state index is 0.0329. The van der Waals surface area contributed by atoms with E-state index >= 15 is 0 Å². The highest BCUT2D eigenvalue weighted by atomic mass is 35.5. The molecule has 0 spiro atoms. The van der Waals surface area contributed by atoms with Crippen molar-refractivity contribution in [2.45, 2.75) is 66.8 Å². The summed E-state index contributed by atoms with van der Waals surface area (Å²) in [6.45, 7) is 14.7. The van der Waals surface area contributed by atoms with Crippen LogP contribution in [0.25, 0.3) is 0 Å². The molecule has 0 saturated heterocycles. The normalized spacial score (nSPS) is 18.8. The Morgan fingerprint density at radius 3 is 2.41 bits per heavy atom. The molecule has 0 radical (unpaired) electrons. The molecule has 0 bridgehead atoms. The Labute approximate surface area is 195 Å². The van der Waals surface area contributed by atoms with E-state index in [0.717, 1.165) is 6.42 Å². The predicted octanol–water partition coefficient (Wildman–Crippen LogP) is 6.01. The number of nitrogens with one attached hydrogen (secondary N) is 1. The maximum atomic E-state index is 13.7. The summed E-state index contributed by atoms with van der Waals surface area (Å²) >= 11 is 6.12. The zero-order valence-electron chi connectivity index (χ0n) is 19.8. The molecular formula is C23H33ClN3O4P. The monoisotopic (exact) mass is 481 g/mol. The second kappa shape index (κ2) is 8.44. The Hall–Kier alpha value is -1.95. The van der Waals surface area contributed by atoms with Crippen LogP contribution in [0.4, 0.5) is 5.69 Å². The number of anilines is 1. The molecule has 3 N–H and O–H groups in total. The molecule has 1 unspecified atom stereocenters. The Morgan fingerprint density at radius 1 is 1.19 bits per heavy atom. The predicted molar refractivity (Wildman–Crippen MR) is 131 cm³/mol. The van der Waals surface area contributed by atoms with Gasteiger partial charge in [-0.25, -0.2) is 0 Å². The molecule has 32 heavy (non-hydrogen) atoms. The topological polar surface area (TPSA) is 96.1 Å². The summed E-state index contributed by atoms with van der Waals surface area (Å²) in [5.74, 6) is -0.106. The average Bonchev–Trinajstić information content (AvgIpc) is 2.90. The first-order valence-electron chi connectivity index (χ1n) is 10.7. The number of hydrogen-bond acceptors (Lipinski definition) is 5. The third-order valence-corrected chi connectivity index (χ3v) is 7.58. The van der Waals surface area contributed by atoms with E-state index in [9.17, 15) is 14.8 Å². The molecular weight excluding hydrogens is 449 g/mol. The average molecular weight is 482 g/mol. The van der Waals surface area contributed by atoms with Crippen molar-refractivity contribution in [2.75, 3.05) is 11.9 Å². The number of rotatable bonds is 5. The van der Waals surface area contributed by atoms with Gasteiger partial charge in [-0.1, -0.05) is 53.1 Å². The van der Waals surface area contributed by atoms with Gasteiger partial charge < -0.3 is 24.6 Å². The first kappa shape index (κ1) is 24.7. The van der Waals surface area contributed by atoms with E-state index in [-0.39, 0.29) is 35.1 Å². The lowest BCUT2D eigenvalue weighted by atomic mass is 9.89. The molecule has 0 amide bonds. The van der Waals surface area contributed by atoms with Crippen molar-refractivity contribution >= 4 is 35.9 Å². The van der Waals surface area contributed by atoms with Gasteiger partial charge in [0.15, 0.2) is 11.6 Å². The number of halogens is 1. The summed E-state index contributed by atoms with van der Waals surface area (Å²) < 4.78 is 25.4. The van der Waals surface area contributed by atoms with Gasteiger partial charge in [0.2, 0.25) is 5.88 Å². The van der Waals surface area contributed by atoms with Crippen LogP contribution >= 0.6 is 19.1 Å². The van der Waals surface area contributed by atoms with Crippen LogP contribution in [0.1, 0.15) is 66.1 Å². The zero-order valence-corrected chi connectivity index (χ0v) is 21.4. The maximum absolute atomic E-state index is 13.7. The molecule has 0 aliphatic carbocycles. The van der Waals surface area contributed by atoms with Gasteiger partial charge in [0.25, 0.3) is 0 Å². The number of nitrogens with zero attached hydrogens (tertiary/aromatic N) is 2. The first-order valence-corrected chi connectivity index (χ1v) is 12.7. The van der Waals surface area contributed by atoms with Crippen LogP contribution in [0.5, 0.6) is 11.6 Å². The molecule has 176 valence electrons. The largest absolute Gasteiger partial charge is 0.505 e. The number of amidine groups is 1. The van der Waals surface area contributed by atoms with Crippen LogP contribution in [-0.2, 0) is 21.0 Å². The van der Waals surface area contributed by atoms with Crippen LogP contribution in [0.15, 0.2) is 23.0 Å². The minimum atomic E-state index is -3.67. The van der Waals surface area contributed by atoms with E-state index in [0.29, 0.717) is 28.3 Å². The van der Waals surface area contributed by atoms with E-state index in [2.05, 4.69) is 30.9 Å². The standard InChI is InChI=1S/C23H33ClN3O4P/c1-8-31-32(30)16-13-14(24)9-10-15(16)25-20(26-32)17-18(28)19(23(5,6)7)27(21(17)29)12-11-22(2,3)4/h9-10,13,28-29H,8,11-12H2,1-7H3,(H,25,26,30). The van der Waals surface area contributed by atoms with Crippen molar-refractivity contribution < 1.29 is 19.3 Å². The molecule has 0 saturated carbocycles. The van der Waals surface area contributed by atoms with E-state index in [1.807, 2.05) is 20.8 Å². The van der Waals surface area contributed by atoms with E-state index in [4.69, 9.17) is 16.1 Å². The van der Waals surface area contributed by atoms with Crippen molar-refractivity contribution in [3.63, 3.8) is 0 Å². The lowest BCUT2D eigenvalue weighted by Crippen LogP contribution is -2.25. The summed E-state index contributed by atoms with van der Waals surface area (Å²) in [5, 5.41) is 26.4. The molecule has 3 rings (SSSR count).